The molecule has 0 amide bonds. The van der Waals surface area contributed by atoms with Crippen LogP contribution in [-0.4, -0.2) is 16.6 Å². The molecule has 0 radical (unpaired) electrons. The third-order valence-corrected chi connectivity index (χ3v) is 3.52. The number of nitrogens with zero attached hydrogens (tertiary/aromatic N) is 2. The van der Waals surface area contributed by atoms with Gasteiger partial charge < -0.3 is 9.88 Å². The smallest absolute Gasteiger partial charge is 0.142 e. The van der Waals surface area contributed by atoms with Gasteiger partial charge in [-0.05, 0) is 30.3 Å². The minimum absolute atomic E-state index is 0.707. The molecule has 0 saturated carbocycles. The van der Waals surface area contributed by atoms with E-state index in [4.69, 9.17) is 16.6 Å². The van der Waals surface area contributed by atoms with Crippen LogP contribution in [0, 0.1) is 0 Å². The second-order valence-electron chi connectivity index (χ2n) is 4.42. The number of imidazole rings is 1. The molecule has 1 heterocycles. The molecule has 2 aromatic carbocycles. The molecular formula is C15H14ClN3. The van der Waals surface area contributed by atoms with E-state index in [2.05, 4.69) is 16.0 Å². The third-order valence-electron chi connectivity index (χ3n) is 3.28. The van der Waals surface area contributed by atoms with E-state index in [0.29, 0.717) is 5.02 Å². The number of hydrogen-bond donors (Lipinski definition) is 1. The lowest BCUT2D eigenvalue weighted by atomic mass is 10.1. The predicted octanol–water partition coefficient (Wildman–Crippen LogP) is 3.94. The van der Waals surface area contributed by atoms with Crippen molar-refractivity contribution in [1.29, 1.82) is 0 Å². The monoisotopic (exact) mass is 271 g/mol. The van der Waals surface area contributed by atoms with Crippen LogP contribution in [-0.2, 0) is 7.05 Å². The van der Waals surface area contributed by atoms with E-state index in [-0.39, 0.29) is 0 Å². The van der Waals surface area contributed by atoms with Crippen molar-refractivity contribution in [1.82, 2.24) is 9.55 Å². The Labute approximate surface area is 116 Å². The van der Waals surface area contributed by atoms with E-state index in [1.807, 2.05) is 50.5 Å². The Morgan fingerprint density at radius 3 is 2.74 bits per heavy atom. The van der Waals surface area contributed by atoms with Gasteiger partial charge in [0.15, 0.2) is 0 Å². The van der Waals surface area contributed by atoms with Gasteiger partial charge in [-0.2, -0.15) is 0 Å². The molecule has 1 N–H and O–H groups in total. The Kier molecular flexibility index (Phi) is 2.91. The lowest BCUT2D eigenvalue weighted by Crippen LogP contribution is -1.97. The molecule has 0 saturated heterocycles. The topological polar surface area (TPSA) is 29.9 Å². The number of rotatable bonds is 2. The van der Waals surface area contributed by atoms with Crippen LogP contribution in [0.1, 0.15) is 0 Å². The minimum Gasteiger partial charge on any atom is -0.388 e. The Morgan fingerprint density at radius 2 is 1.95 bits per heavy atom. The highest BCUT2D eigenvalue weighted by molar-refractivity contribution is 6.31. The van der Waals surface area contributed by atoms with Crippen molar-refractivity contribution in [2.24, 2.45) is 7.05 Å². The molecule has 0 unspecified atom stereocenters. The first-order chi connectivity index (χ1) is 9.20. The normalized spacial score (nSPS) is 10.9. The summed E-state index contributed by atoms with van der Waals surface area (Å²) in [4.78, 5) is 4.69. The molecule has 3 rings (SSSR count). The lowest BCUT2D eigenvalue weighted by molar-refractivity contribution is 0.959. The standard InChI is InChI=1S/C15H14ClN3/c1-17-12-6-4-3-5-11(12)15-18-13-9-10(16)7-8-14(13)19(15)2/h3-9,17H,1-2H3. The van der Waals surface area contributed by atoms with Gasteiger partial charge in [0.1, 0.15) is 5.82 Å². The van der Waals surface area contributed by atoms with Crippen LogP contribution in [0.3, 0.4) is 0 Å². The van der Waals surface area contributed by atoms with Gasteiger partial charge in [0, 0.05) is 30.4 Å². The van der Waals surface area contributed by atoms with Crippen molar-refractivity contribution < 1.29 is 0 Å². The van der Waals surface area contributed by atoms with Gasteiger partial charge in [-0.1, -0.05) is 23.7 Å². The van der Waals surface area contributed by atoms with Crippen LogP contribution in [0.5, 0.6) is 0 Å². The molecule has 96 valence electrons. The quantitative estimate of drug-likeness (QED) is 0.765. The number of fused-ring (bicyclic) bond motifs is 1. The number of halogens is 1. The van der Waals surface area contributed by atoms with E-state index in [1.54, 1.807) is 0 Å². The molecule has 4 heteroatoms. The molecular weight excluding hydrogens is 258 g/mol. The van der Waals surface area contributed by atoms with Gasteiger partial charge >= 0.3 is 0 Å². The zero-order valence-electron chi connectivity index (χ0n) is 10.8. The Morgan fingerprint density at radius 1 is 1.16 bits per heavy atom. The molecule has 3 aromatic rings. The molecule has 0 aliphatic rings. The van der Waals surface area contributed by atoms with Crippen molar-refractivity contribution in [3.63, 3.8) is 0 Å². The average molecular weight is 272 g/mol. The molecule has 0 bridgehead atoms. The SMILES string of the molecule is CNc1ccccc1-c1nc2cc(Cl)ccc2n1C. The number of nitrogens with one attached hydrogen (secondary N) is 1. The zero-order chi connectivity index (χ0) is 13.4. The van der Waals surface area contributed by atoms with Crippen molar-refractivity contribution >= 4 is 28.3 Å². The van der Waals surface area contributed by atoms with Gasteiger partial charge in [-0.15, -0.1) is 0 Å². The maximum Gasteiger partial charge on any atom is 0.142 e. The fourth-order valence-electron chi connectivity index (χ4n) is 2.31. The summed E-state index contributed by atoms with van der Waals surface area (Å²) >= 11 is 6.02. The predicted molar refractivity (Wildman–Crippen MR) is 80.7 cm³/mol. The van der Waals surface area contributed by atoms with Crippen molar-refractivity contribution in [2.75, 3.05) is 12.4 Å². The summed E-state index contributed by atoms with van der Waals surface area (Å²) in [5.41, 5.74) is 4.13. The summed E-state index contributed by atoms with van der Waals surface area (Å²) in [5.74, 6) is 0.933. The number of benzene rings is 2. The first-order valence-corrected chi connectivity index (χ1v) is 6.47. The van der Waals surface area contributed by atoms with Crippen LogP contribution in [0.15, 0.2) is 42.5 Å². The van der Waals surface area contributed by atoms with E-state index in [9.17, 15) is 0 Å². The van der Waals surface area contributed by atoms with Crippen LogP contribution in [0.4, 0.5) is 5.69 Å². The maximum absolute atomic E-state index is 6.02. The summed E-state index contributed by atoms with van der Waals surface area (Å²) < 4.78 is 2.09. The van der Waals surface area contributed by atoms with E-state index in [1.165, 1.54) is 0 Å². The van der Waals surface area contributed by atoms with Crippen LogP contribution in [0.25, 0.3) is 22.4 Å². The van der Waals surface area contributed by atoms with E-state index in [0.717, 1.165) is 28.1 Å². The van der Waals surface area contributed by atoms with Gasteiger partial charge in [-0.25, -0.2) is 4.98 Å². The van der Waals surface area contributed by atoms with Crippen LogP contribution in [0.2, 0.25) is 5.02 Å². The summed E-state index contributed by atoms with van der Waals surface area (Å²) in [5, 5.41) is 3.91. The summed E-state index contributed by atoms with van der Waals surface area (Å²) in [6.45, 7) is 0. The van der Waals surface area contributed by atoms with Crippen LogP contribution < -0.4 is 5.32 Å². The number of para-hydroxylation sites is 1. The first kappa shape index (κ1) is 12.1. The average Bonchev–Trinajstić information content (AvgIpc) is 2.75. The molecule has 0 spiro atoms. The molecule has 0 fully saturated rings. The Hall–Kier alpha value is -2.00. The van der Waals surface area contributed by atoms with E-state index < -0.39 is 0 Å². The Balaban J connectivity index is 2.28. The molecule has 0 atom stereocenters. The molecule has 1 aromatic heterocycles. The van der Waals surface area contributed by atoms with Crippen molar-refractivity contribution in [3.05, 3.63) is 47.5 Å². The van der Waals surface area contributed by atoms with Gasteiger partial charge in [-0.3, -0.25) is 0 Å². The van der Waals surface area contributed by atoms with Gasteiger partial charge in [0.05, 0.1) is 11.0 Å². The van der Waals surface area contributed by atoms with Crippen molar-refractivity contribution in [3.8, 4) is 11.4 Å². The fraction of sp³-hybridized carbons (Fsp3) is 0.133. The zero-order valence-corrected chi connectivity index (χ0v) is 11.6. The maximum atomic E-state index is 6.02. The minimum atomic E-state index is 0.707. The summed E-state index contributed by atoms with van der Waals surface area (Å²) in [6, 6.07) is 13.9. The fourth-order valence-corrected chi connectivity index (χ4v) is 2.48. The second-order valence-corrected chi connectivity index (χ2v) is 4.86. The Bertz CT molecular complexity index is 746. The number of aromatic nitrogens is 2. The van der Waals surface area contributed by atoms with Crippen LogP contribution >= 0.6 is 11.6 Å². The highest BCUT2D eigenvalue weighted by atomic mass is 35.5. The third kappa shape index (κ3) is 1.96. The highest BCUT2D eigenvalue weighted by Gasteiger charge is 2.12. The second kappa shape index (κ2) is 4.59. The van der Waals surface area contributed by atoms with Crippen molar-refractivity contribution in [2.45, 2.75) is 0 Å². The van der Waals surface area contributed by atoms with E-state index >= 15 is 0 Å². The summed E-state index contributed by atoms with van der Waals surface area (Å²) in [6.07, 6.45) is 0. The molecule has 3 nitrogen and oxygen atoms in total. The molecule has 19 heavy (non-hydrogen) atoms. The largest absolute Gasteiger partial charge is 0.388 e. The number of aryl methyl sites for hydroxylation is 1. The summed E-state index contributed by atoms with van der Waals surface area (Å²) in [7, 11) is 3.93. The lowest BCUT2D eigenvalue weighted by Gasteiger charge is -2.08. The first-order valence-electron chi connectivity index (χ1n) is 6.10. The molecule has 0 aliphatic heterocycles. The van der Waals surface area contributed by atoms with Gasteiger partial charge in [0.25, 0.3) is 0 Å². The number of hydrogen-bond acceptors (Lipinski definition) is 2. The molecule has 0 aliphatic carbocycles. The van der Waals surface area contributed by atoms with Gasteiger partial charge in [0.2, 0.25) is 0 Å². The number of anilines is 1. The highest BCUT2D eigenvalue weighted by Crippen LogP contribution is 2.30.